The average Bonchev–Trinajstić information content (AvgIpc) is 3.03. The summed E-state index contributed by atoms with van der Waals surface area (Å²) in [5.41, 5.74) is 1.57. The van der Waals surface area contributed by atoms with Crippen molar-refractivity contribution in [3.63, 3.8) is 0 Å². The van der Waals surface area contributed by atoms with Crippen molar-refractivity contribution in [1.82, 2.24) is 14.8 Å². The number of methoxy groups -OCH3 is 2. The van der Waals surface area contributed by atoms with Gasteiger partial charge in [0.25, 0.3) is 0 Å². The van der Waals surface area contributed by atoms with E-state index in [2.05, 4.69) is 12.2 Å². The fourth-order valence-corrected chi connectivity index (χ4v) is 7.79. The van der Waals surface area contributed by atoms with Gasteiger partial charge in [-0.3, -0.25) is 24.1 Å². The number of likely N-dealkylation sites (tertiary alicyclic amines) is 2. The largest absolute Gasteiger partial charge is 0.493 e. The molecule has 3 fully saturated rings. The number of rotatable bonds is 6. The Morgan fingerprint density at radius 2 is 1.56 bits per heavy atom. The molecular formula is C33H42N4O6. The topological polar surface area (TPSA) is 109 Å². The normalized spacial score (nSPS) is 26.0. The van der Waals surface area contributed by atoms with Crippen LogP contribution in [0.25, 0.3) is 0 Å². The van der Waals surface area contributed by atoms with E-state index < -0.39 is 0 Å². The number of hydrogen-bond acceptors (Lipinski definition) is 7. The Labute approximate surface area is 253 Å². The monoisotopic (exact) mass is 590 g/mol. The molecule has 3 heterocycles. The van der Waals surface area contributed by atoms with Crippen molar-refractivity contribution in [2.45, 2.75) is 76.7 Å². The van der Waals surface area contributed by atoms with Gasteiger partial charge in [-0.05, 0) is 62.1 Å². The summed E-state index contributed by atoms with van der Waals surface area (Å²) in [6, 6.07) is 5.61. The van der Waals surface area contributed by atoms with E-state index in [4.69, 9.17) is 14.6 Å². The summed E-state index contributed by atoms with van der Waals surface area (Å²) in [5.74, 6) is 0.437. The van der Waals surface area contributed by atoms with Gasteiger partial charge in [0, 0.05) is 37.4 Å². The van der Waals surface area contributed by atoms with Gasteiger partial charge in [0.1, 0.15) is 6.54 Å². The molecule has 10 heteroatoms. The fraction of sp³-hybridized carbons (Fsp3) is 0.606. The van der Waals surface area contributed by atoms with Crippen LogP contribution in [0.15, 0.2) is 35.5 Å². The number of fused-ring (bicyclic) bond motifs is 1. The highest BCUT2D eigenvalue weighted by Crippen LogP contribution is 2.45. The number of hydrogen-bond donors (Lipinski definition) is 0. The number of piperidine rings is 2. The van der Waals surface area contributed by atoms with Crippen molar-refractivity contribution in [3.8, 4) is 11.5 Å². The lowest BCUT2D eigenvalue weighted by Crippen LogP contribution is -2.55. The molecule has 4 amide bonds. The van der Waals surface area contributed by atoms with Gasteiger partial charge in [0.2, 0.25) is 23.6 Å². The first kappa shape index (κ1) is 29.4. The summed E-state index contributed by atoms with van der Waals surface area (Å²) < 4.78 is 11.0. The van der Waals surface area contributed by atoms with Crippen LogP contribution < -0.4 is 9.47 Å². The van der Waals surface area contributed by atoms with Crippen LogP contribution in [-0.4, -0.2) is 84.0 Å². The lowest BCUT2D eigenvalue weighted by atomic mass is 9.67. The van der Waals surface area contributed by atoms with Crippen LogP contribution in [0.2, 0.25) is 0 Å². The van der Waals surface area contributed by atoms with Crippen LogP contribution in [0.3, 0.4) is 0 Å². The van der Waals surface area contributed by atoms with Crippen LogP contribution in [0.4, 0.5) is 0 Å². The SMILES string of the molecule is COc1ccc(C2=NN(C3CCN(C(=O)CN4C(=O)CC5(CCCCC5)CC4=O)CC3)C(=O)[C@@H]3CC=CC[C@H]23)cc1OC. The van der Waals surface area contributed by atoms with Gasteiger partial charge in [-0.2, -0.15) is 5.10 Å². The molecule has 0 N–H and O–H groups in total. The second-order valence-electron chi connectivity index (χ2n) is 12.8. The molecule has 0 radical (unpaired) electrons. The van der Waals surface area contributed by atoms with Gasteiger partial charge in [0.15, 0.2) is 11.5 Å². The van der Waals surface area contributed by atoms with Gasteiger partial charge in [-0.15, -0.1) is 0 Å². The Hall–Kier alpha value is -3.69. The summed E-state index contributed by atoms with van der Waals surface area (Å²) in [6.07, 6.45) is 12.6. The van der Waals surface area contributed by atoms with Crippen LogP contribution >= 0.6 is 0 Å². The number of hydrazone groups is 1. The molecule has 0 bridgehead atoms. The lowest BCUT2D eigenvalue weighted by Gasteiger charge is -2.43. The summed E-state index contributed by atoms with van der Waals surface area (Å²) in [6.45, 7) is 0.698. The van der Waals surface area contributed by atoms with E-state index in [9.17, 15) is 19.2 Å². The molecule has 6 rings (SSSR count). The summed E-state index contributed by atoms with van der Waals surface area (Å²) in [5, 5.41) is 6.63. The molecule has 1 saturated carbocycles. The number of imide groups is 1. The van der Waals surface area contributed by atoms with E-state index in [-0.39, 0.29) is 53.5 Å². The third-order valence-corrected chi connectivity index (χ3v) is 10.2. The second-order valence-corrected chi connectivity index (χ2v) is 12.8. The van der Waals surface area contributed by atoms with Gasteiger partial charge >= 0.3 is 0 Å². The molecule has 0 aromatic heterocycles. The average molecular weight is 591 g/mol. The molecule has 43 heavy (non-hydrogen) atoms. The maximum atomic E-state index is 13.7. The number of allylic oxidation sites excluding steroid dienone is 2. The van der Waals surface area contributed by atoms with Crippen LogP contribution in [0, 0.1) is 17.3 Å². The Balaban J connectivity index is 1.13. The van der Waals surface area contributed by atoms with E-state index >= 15 is 0 Å². The zero-order valence-corrected chi connectivity index (χ0v) is 25.3. The van der Waals surface area contributed by atoms with E-state index in [1.807, 2.05) is 18.2 Å². The first-order valence-corrected chi connectivity index (χ1v) is 15.7. The van der Waals surface area contributed by atoms with Crippen LogP contribution in [0.5, 0.6) is 11.5 Å². The van der Waals surface area contributed by atoms with Crippen molar-refractivity contribution in [1.29, 1.82) is 0 Å². The molecule has 1 spiro atoms. The van der Waals surface area contributed by atoms with E-state index in [0.29, 0.717) is 56.7 Å². The van der Waals surface area contributed by atoms with Crippen molar-refractivity contribution in [2.24, 2.45) is 22.4 Å². The summed E-state index contributed by atoms with van der Waals surface area (Å²) in [4.78, 5) is 55.8. The molecule has 0 unspecified atom stereocenters. The first-order valence-electron chi connectivity index (χ1n) is 15.7. The highest BCUT2D eigenvalue weighted by atomic mass is 16.5. The number of nitrogens with zero attached hydrogens (tertiary/aromatic N) is 4. The molecule has 1 aromatic rings. The van der Waals surface area contributed by atoms with Crippen molar-refractivity contribution < 1.29 is 28.7 Å². The molecule has 3 aliphatic heterocycles. The van der Waals surface area contributed by atoms with Crippen molar-refractivity contribution >= 4 is 29.3 Å². The third-order valence-electron chi connectivity index (χ3n) is 10.2. The number of carbonyl (C=O) groups is 4. The molecule has 2 atom stereocenters. The van der Waals surface area contributed by atoms with Crippen molar-refractivity contribution in [2.75, 3.05) is 33.9 Å². The summed E-state index contributed by atoms with van der Waals surface area (Å²) in [7, 11) is 3.20. The Kier molecular flexibility index (Phi) is 8.29. The number of carbonyl (C=O) groups excluding carboxylic acids is 4. The smallest absolute Gasteiger partial charge is 0.247 e. The highest BCUT2D eigenvalue weighted by molar-refractivity contribution is 6.07. The third kappa shape index (κ3) is 5.68. The zero-order chi connectivity index (χ0) is 30.1. The predicted molar refractivity (Wildman–Crippen MR) is 159 cm³/mol. The van der Waals surface area contributed by atoms with Crippen LogP contribution in [0.1, 0.15) is 76.2 Å². The number of amides is 4. The molecule has 230 valence electrons. The van der Waals surface area contributed by atoms with E-state index in [1.54, 1.807) is 24.1 Å². The molecular weight excluding hydrogens is 548 g/mol. The van der Waals surface area contributed by atoms with Gasteiger partial charge in [-0.1, -0.05) is 31.4 Å². The second kappa shape index (κ2) is 12.1. The van der Waals surface area contributed by atoms with Crippen molar-refractivity contribution in [3.05, 3.63) is 35.9 Å². The summed E-state index contributed by atoms with van der Waals surface area (Å²) >= 11 is 0. The lowest BCUT2D eigenvalue weighted by molar-refractivity contribution is -0.159. The number of ether oxygens (including phenoxy) is 2. The standard InChI is InChI=1S/C33H42N4O6/c1-42-26-11-10-22(18-27(26)43-2)31-24-8-4-5-9-25(24)32(41)37(34-31)23-12-16-35(17-13-23)30(40)21-36-28(38)19-33(20-29(36)39)14-6-3-7-15-33/h4-5,10-11,18,23-25H,3,6-9,12-17,19-21H2,1-2H3/t24-,25+/m0/s1. The Morgan fingerprint density at radius 3 is 2.21 bits per heavy atom. The predicted octanol–water partition coefficient (Wildman–Crippen LogP) is 3.92. The molecule has 2 saturated heterocycles. The quantitative estimate of drug-likeness (QED) is 0.367. The number of benzene rings is 1. The van der Waals surface area contributed by atoms with Gasteiger partial charge in [-0.25, -0.2) is 5.01 Å². The van der Waals surface area contributed by atoms with E-state index in [0.717, 1.165) is 49.8 Å². The fourth-order valence-electron chi connectivity index (χ4n) is 7.79. The van der Waals surface area contributed by atoms with Crippen LogP contribution in [-0.2, 0) is 19.2 Å². The Bertz CT molecular complexity index is 1320. The van der Waals surface area contributed by atoms with E-state index in [1.165, 1.54) is 4.90 Å². The Morgan fingerprint density at radius 1 is 0.907 bits per heavy atom. The molecule has 1 aromatic carbocycles. The molecule has 2 aliphatic carbocycles. The zero-order valence-electron chi connectivity index (χ0n) is 25.3. The minimum atomic E-state index is -0.214. The minimum Gasteiger partial charge on any atom is -0.493 e. The molecule has 5 aliphatic rings. The minimum absolute atomic E-state index is 0.0131. The maximum absolute atomic E-state index is 13.7. The van der Waals surface area contributed by atoms with Gasteiger partial charge in [0.05, 0.1) is 31.9 Å². The first-order chi connectivity index (χ1) is 20.8. The molecule has 10 nitrogen and oxygen atoms in total. The highest BCUT2D eigenvalue weighted by Gasteiger charge is 2.46. The maximum Gasteiger partial charge on any atom is 0.247 e. The van der Waals surface area contributed by atoms with Gasteiger partial charge < -0.3 is 14.4 Å².